The molecule has 1 aromatic heterocycles. The van der Waals surface area contributed by atoms with E-state index in [-0.39, 0.29) is 12.5 Å². The number of anilines is 1. The average molecular weight is 167 g/mol. The zero-order chi connectivity index (χ0) is 8.10. The fraction of sp³-hybridized carbons (Fsp3) is 0.167. The molecule has 1 heterocycles. The maximum absolute atomic E-state index is 10.8. The number of nitrogens with zero attached hydrogens (tertiary/aromatic N) is 2. The van der Waals surface area contributed by atoms with E-state index in [0.717, 1.165) is 0 Å². The van der Waals surface area contributed by atoms with Crippen molar-refractivity contribution in [2.24, 2.45) is 0 Å². The molecular formula is C6H5N3OS. The summed E-state index contributed by atoms with van der Waals surface area (Å²) in [5, 5.41) is 4.78. The van der Waals surface area contributed by atoms with Gasteiger partial charge in [-0.2, -0.15) is 0 Å². The number of amides is 1. The van der Waals surface area contributed by atoms with Crippen LogP contribution in [0.4, 0.5) is 5.13 Å². The molecule has 0 saturated heterocycles. The second-order valence-electron chi connectivity index (χ2n) is 1.70. The van der Waals surface area contributed by atoms with Gasteiger partial charge >= 0.3 is 5.91 Å². The van der Waals surface area contributed by atoms with Crippen molar-refractivity contribution in [1.82, 2.24) is 4.98 Å². The summed E-state index contributed by atoms with van der Waals surface area (Å²) in [5.74, 6) is -0.310. The zero-order valence-electron chi connectivity index (χ0n) is 5.57. The zero-order valence-corrected chi connectivity index (χ0v) is 6.39. The molecule has 0 atom stereocenters. The van der Waals surface area contributed by atoms with Gasteiger partial charge in [-0.05, 0) is 0 Å². The van der Waals surface area contributed by atoms with E-state index in [1.165, 1.54) is 11.3 Å². The maximum Gasteiger partial charge on any atom is 0.306 e. The van der Waals surface area contributed by atoms with Crippen LogP contribution in [0.1, 0.15) is 0 Å². The summed E-state index contributed by atoms with van der Waals surface area (Å²) in [4.78, 5) is 17.5. The Bertz CT molecular complexity index is 275. The quantitative estimate of drug-likeness (QED) is 0.668. The van der Waals surface area contributed by atoms with Gasteiger partial charge in [-0.3, -0.25) is 10.1 Å². The van der Waals surface area contributed by atoms with Crippen molar-refractivity contribution < 1.29 is 4.79 Å². The molecule has 0 saturated carbocycles. The lowest BCUT2D eigenvalue weighted by Crippen LogP contribution is -2.13. The highest BCUT2D eigenvalue weighted by atomic mass is 32.1. The molecule has 11 heavy (non-hydrogen) atoms. The summed E-state index contributed by atoms with van der Waals surface area (Å²) in [6, 6.07) is 0. The molecule has 0 aromatic carbocycles. The molecule has 0 aliphatic heterocycles. The topological polar surface area (TPSA) is 46.4 Å². The molecule has 1 aromatic rings. The summed E-state index contributed by atoms with van der Waals surface area (Å²) < 4.78 is 0. The Balaban J connectivity index is 2.45. The molecular weight excluding hydrogens is 162 g/mol. The summed E-state index contributed by atoms with van der Waals surface area (Å²) in [6.07, 6.45) is 1.60. The van der Waals surface area contributed by atoms with Crippen LogP contribution in [0.2, 0.25) is 0 Å². The molecule has 0 bridgehead atoms. The van der Waals surface area contributed by atoms with Crippen LogP contribution in [-0.2, 0) is 4.79 Å². The SMILES string of the molecule is [C-]#[N+]CC(=O)Nc1nccs1. The van der Waals surface area contributed by atoms with Crippen molar-refractivity contribution in [2.45, 2.75) is 0 Å². The predicted octanol–water partition coefficient (Wildman–Crippen LogP) is 1.00. The molecule has 4 nitrogen and oxygen atoms in total. The molecule has 0 radical (unpaired) electrons. The summed E-state index contributed by atoms with van der Waals surface area (Å²) >= 11 is 1.33. The monoisotopic (exact) mass is 167 g/mol. The van der Waals surface area contributed by atoms with Crippen molar-refractivity contribution in [3.63, 3.8) is 0 Å². The van der Waals surface area contributed by atoms with Gasteiger partial charge in [-0.1, -0.05) is 0 Å². The lowest BCUT2D eigenvalue weighted by molar-refractivity contribution is -0.114. The standard InChI is InChI=1S/C6H5N3OS/c1-7-4-5(10)9-6-8-2-3-11-6/h2-3H,4H2,(H,8,9,10). The fourth-order valence-electron chi connectivity index (χ4n) is 0.516. The summed E-state index contributed by atoms with van der Waals surface area (Å²) in [7, 11) is 0. The van der Waals surface area contributed by atoms with Crippen LogP contribution < -0.4 is 5.32 Å². The van der Waals surface area contributed by atoms with Crippen LogP contribution in [-0.4, -0.2) is 17.4 Å². The molecule has 56 valence electrons. The maximum atomic E-state index is 10.8. The van der Waals surface area contributed by atoms with Gasteiger partial charge in [0, 0.05) is 11.6 Å². The Kier molecular flexibility index (Phi) is 2.58. The van der Waals surface area contributed by atoms with E-state index in [1.54, 1.807) is 11.6 Å². The second-order valence-corrected chi connectivity index (χ2v) is 2.60. The van der Waals surface area contributed by atoms with Crippen molar-refractivity contribution in [1.29, 1.82) is 0 Å². The minimum absolute atomic E-state index is 0.139. The van der Waals surface area contributed by atoms with Crippen molar-refractivity contribution in [2.75, 3.05) is 11.9 Å². The van der Waals surface area contributed by atoms with Crippen molar-refractivity contribution in [3.05, 3.63) is 23.0 Å². The van der Waals surface area contributed by atoms with Crippen LogP contribution in [0.5, 0.6) is 0 Å². The number of aromatic nitrogens is 1. The first-order valence-electron chi connectivity index (χ1n) is 2.85. The van der Waals surface area contributed by atoms with Crippen LogP contribution in [0, 0.1) is 6.57 Å². The molecule has 5 heteroatoms. The number of nitrogens with one attached hydrogen (secondary N) is 1. The Labute approximate surface area is 67.7 Å². The molecule has 0 aliphatic carbocycles. The van der Waals surface area contributed by atoms with Gasteiger partial charge in [0.05, 0.1) is 0 Å². The molecule has 0 fully saturated rings. The third-order valence-electron chi connectivity index (χ3n) is 0.901. The second kappa shape index (κ2) is 3.68. The number of hydrogen-bond donors (Lipinski definition) is 1. The summed E-state index contributed by atoms with van der Waals surface area (Å²) in [5.41, 5.74) is 0. The number of thiazole rings is 1. The lowest BCUT2D eigenvalue weighted by Gasteiger charge is -1.91. The highest BCUT2D eigenvalue weighted by Gasteiger charge is 2.04. The van der Waals surface area contributed by atoms with Crippen LogP contribution in [0.3, 0.4) is 0 Å². The van der Waals surface area contributed by atoms with Crippen molar-refractivity contribution in [3.8, 4) is 0 Å². The first-order chi connectivity index (χ1) is 5.33. The third-order valence-corrected chi connectivity index (χ3v) is 1.59. The van der Waals surface area contributed by atoms with Gasteiger partial charge < -0.3 is 4.85 Å². The van der Waals surface area contributed by atoms with Crippen LogP contribution in [0.15, 0.2) is 11.6 Å². The number of hydrogen-bond acceptors (Lipinski definition) is 3. The highest BCUT2D eigenvalue weighted by molar-refractivity contribution is 7.13. The van der Waals surface area contributed by atoms with E-state index >= 15 is 0 Å². The fourth-order valence-corrected chi connectivity index (χ4v) is 1.06. The largest absolute Gasteiger partial charge is 0.306 e. The normalized spacial score (nSPS) is 8.64. The first-order valence-corrected chi connectivity index (χ1v) is 3.73. The first kappa shape index (κ1) is 7.69. The summed E-state index contributed by atoms with van der Waals surface area (Å²) in [6.45, 7) is 6.27. The third kappa shape index (κ3) is 2.35. The molecule has 0 aliphatic rings. The van der Waals surface area contributed by atoms with E-state index in [4.69, 9.17) is 6.57 Å². The lowest BCUT2D eigenvalue weighted by atomic mass is 10.6. The Morgan fingerprint density at radius 2 is 2.73 bits per heavy atom. The minimum atomic E-state index is -0.310. The molecule has 1 N–H and O–H groups in total. The smallest absolute Gasteiger partial charge is 0.306 e. The van der Waals surface area contributed by atoms with E-state index in [0.29, 0.717) is 5.13 Å². The Hall–Kier alpha value is -1.41. The average Bonchev–Trinajstić information content (AvgIpc) is 2.40. The van der Waals surface area contributed by atoms with Crippen molar-refractivity contribution >= 4 is 22.4 Å². The van der Waals surface area contributed by atoms with Crippen LogP contribution >= 0.6 is 11.3 Å². The van der Waals surface area contributed by atoms with Gasteiger partial charge in [-0.15, -0.1) is 11.3 Å². The molecule has 0 unspecified atom stereocenters. The van der Waals surface area contributed by atoms with Gasteiger partial charge in [0.15, 0.2) is 5.13 Å². The highest BCUT2D eigenvalue weighted by Crippen LogP contribution is 2.09. The molecule has 0 spiro atoms. The van der Waals surface area contributed by atoms with Gasteiger partial charge in [0.2, 0.25) is 0 Å². The Morgan fingerprint density at radius 1 is 1.91 bits per heavy atom. The molecule has 1 amide bonds. The number of carbonyl (C=O) groups excluding carboxylic acids is 1. The molecule has 1 rings (SSSR count). The van der Waals surface area contributed by atoms with E-state index in [1.807, 2.05) is 0 Å². The Morgan fingerprint density at radius 3 is 3.27 bits per heavy atom. The van der Waals surface area contributed by atoms with Gasteiger partial charge in [0.1, 0.15) is 0 Å². The van der Waals surface area contributed by atoms with E-state index in [2.05, 4.69) is 15.1 Å². The van der Waals surface area contributed by atoms with E-state index < -0.39 is 0 Å². The predicted molar refractivity (Wildman–Crippen MR) is 42.2 cm³/mol. The van der Waals surface area contributed by atoms with Gasteiger partial charge in [-0.25, -0.2) is 11.6 Å². The van der Waals surface area contributed by atoms with E-state index in [9.17, 15) is 4.79 Å². The van der Waals surface area contributed by atoms with Crippen LogP contribution in [0.25, 0.3) is 4.85 Å². The number of carbonyl (C=O) groups is 1. The minimum Gasteiger partial charge on any atom is -0.306 e. The van der Waals surface area contributed by atoms with Gasteiger partial charge in [0.25, 0.3) is 6.54 Å². The number of rotatable bonds is 2.